The Kier molecular flexibility index (Phi) is 4.24. The molecule has 132 valence electrons. The number of carbonyl (C=O) groups is 1. The summed E-state index contributed by atoms with van der Waals surface area (Å²) in [5.74, 6) is 0.820. The molecule has 0 aromatic carbocycles. The number of aryl methyl sites for hydroxylation is 1. The number of pyridine rings is 2. The molecule has 6 nitrogen and oxygen atoms in total. The number of aromatic nitrogens is 4. The molecule has 1 amide bonds. The molecule has 1 aliphatic carbocycles. The first-order chi connectivity index (χ1) is 12.6. The molecule has 0 bridgehead atoms. The Morgan fingerprint density at radius 3 is 2.65 bits per heavy atom. The minimum absolute atomic E-state index is 0.0507. The summed E-state index contributed by atoms with van der Waals surface area (Å²) >= 11 is 0. The average Bonchev–Trinajstić information content (AvgIpc) is 3.42. The monoisotopic (exact) mass is 347 g/mol. The Morgan fingerprint density at radius 2 is 2.00 bits per heavy atom. The number of carbonyl (C=O) groups excluding carboxylic acids is 1. The van der Waals surface area contributed by atoms with E-state index in [1.165, 1.54) is 0 Å². The zero-order valence-electron chi connectivity index (χ0n) is 14.9. The lowest BCUT2D eigenvalue weighted by atomic mass is 10.1. The first-order valence-electron chi connectivity index (χ1n) is 8.85. The van der Waals surface area contributed by atoms with Crippen molar-refractivity contribution in [2.45, 2.75) is 38.8 Å². The van der Waals surface area contributed by atoms with Gasteiger partial charge in [0.05, 0.1) is 17.4 Å². The summed E-state index contributed by atoms with van der Waals surface area (Å²) in [7, 11) is 0. The molecule has 1 aliphatic rings. The topological polar surface area (TPSA) is 63.9 Å². The smallest absolute Gasteiger partial charge is 0.273 e. The van der Waals surface area contributed by atoms with E-state index in [4.69, 9.17) is 0 Å². The van der Waals surface area contributed by atoms with Crippen LogP contribution in [0, 0.1) is 6.92 Å². The predicted octanol–water partition coefficient (Wildman–Crippen LogP) is 3.34. The highest BCUT2D eigenvalue weighted by Gasteiger charge is 2.37. The van der Waals surface area contributed by atoms with Gasteiger partial charge in [-0.15, -0.1) is 0 Å². The summed E-state index contributed by atoms with van der Waals surface area (Å²) in [5.41, 5.74) is 2.24. The van der Waals surface area contributed by atoms with E-state index < -0.39 is 0 Å². The Hall–Kier alpha value is -3.02. The van der Waals surface area contributed by atoms with Crippen LogP contribution in [0.1, 0.15) is 47.8 Å². The van der Waals surface area contributed by atoms with Gasteiger partial charge in [0.15, 0.2) is 0 Å². The molecule has 0 aliphatic heterocycles. The van der Waals surface area contributed by atoms with E-state index in [0.29, 0.717) is 5.69 Å². The third kappa shape index (κ3) is 3.10. The molecule has 0 spiro atoms. The number of rotatable bonds is 5. The molecule has 0 unspecified atom stereocenters. The van der Waals surface area contributed by atoms with Crippen molar-refractivity contribution in [1.82, 2.24) is 24.4 Å². The standard InChI is InChI=1S/C20H21N5O/c1-14(18-5-3-4-9-22-18)25(16-6-7-16)20(26)19-13-17(8-10-23-19)24-12-11-21-15(24)2/h3-5,8-14,16H,6-7H2,1-2H3/t14-/m0/s1. The molecule has 0 radical (unpaired) electrons. The van der Waals surface area contributed by atoms with E-state index in [-0.39, 0.29) is 18.0 Å². The van der Waals surface area contributed by atoms with Gasteiger partial charge in [-0.1, -0.05) is 6.07 Å². The lowest BCUT2D eigenvalue weighted by Gasteiger charge is -2.29. The van der Waals surface area contributed by atoms with Crippen LogP contribution < -0.4 is 0 Å². The zero-order valence-corrected chi connectivity index (χ0v) is 14.9. The Labute approximate surface area is 152 Å². The minimum Gasteiger partial charge on any atom is -0.326 e. The van der Waals surface area contributed by atoms with E-state index in [2.05, 4.69) is 15.0 Å². The molecule has 3 heterocycles. The van der Waals surface area contributed by atoms with Gasteiger partial charge >= 0.3 is 0 Å². The molecular weight excluding hydrogens is 326 g/mol. The molecule has 3 aromatic heterocycles. The summed E-state index contributed by atoms with van der Waals surface area (Å²) in [6.07, 6.45) is 9.14. The lowest BCUT2D eigenvalue weighted by molar-refractivity contribution is 0.0664. The fraction of sp³-hybridized carbons (Fsp3) is 0.300. The SMILES string of the molecule is Cc1nccn1-c1ccnc(C(=O)N(C2CC2)[C@@H](C)c2ccccn2)c1. The maximum Gasteiger partial charge on any atom is 0.273 e. The number of nitrogens with zero attached hydrogens (tertiary/aromatic N) is 5. The average molecular weight is 347 g/mol. The number of imidazole rings is 1. The van der Waals surface area contributed by atoms with Crippen LogP contribution >= 0.6 is 0 Å². The van der Waals surface area contributed by atoms with Gasteiger partial charge < -0.3 is 9.47 Å². The summed E-state index contributed by atoms with van der Waals surface area (Å²) in [6.45, 7) is 3.96. The van der Waals surface area contributed by atoms with Crippen LogP contribution in [0.2, 0.25) is 0 Å². The van der Waals surface area contributed by atoms with Crippen molar-refractivity contribution in [3.05, 3.63) is 72.3 Å². The van der Waals surface area contributed by atoms with Gasteiger partial charge in [-0.05, 0) is 51.0 Å². The lowest BCUT2D eigenvalue weighted by Crippen LogP contribution is -2.36. The van der Waals surface area contributed by atoms with Crippen molar-refractivity contribution in [2.75, 3.05) is 0 Å². The highest BCUT2D eigenvalue weighted by molar-refractivity contribution is 5.93. The van der Waals surface area contributed by atoms with E-state index in [0.717, 1.165) is 30.0 Å². The van der Waals surface area contributed by atoms with Crippen molar-refractivity contribution in [3.63, 3.8) is 0 Å². The fourth-order valence-corrected chi connectivity index (χ4v) is 3.25. The quantitative estimate of drug-likeness (QED) is 0.710. The number of hydrogen-bond acceptors (Lipinski definition) is 4. The molecular formula is C20H21N5O. The third-order valence-electron chi connectivity index (χ3n) is 4.77. The van der Waals surface area contributed by atoms with Crippen LogP contribution in [-0.2, 0) is 0 Å². The molecule has 26 heavy (non-hydrogen) atoms. The Morgan fingerprint density at radius 1 is 1.15 bits per heavy atom. The van der Waals surface area contributed by atoms with Crippen molar-refractivity contribution in [2.24, 2.45) is 0 Å². The number of amides is 1. The molecule has 0 saturated heterocycles. The summed E-state index contributed by atoms with van der Waals surface area (Å²) in [5, 5.41) is 0. The Bertz CT molecular complexity index is 917. The minimum atomic E-state index is -0.0864. The first kappa shape index (κ1) is 16.4. The Balaban J connectivity index is 1.66. The molecule has 1 saturated carbocycles. The van der Waals surface area contributed by atoms with Gasteiger partial charge in [0.2, 0.25) is 0 Å². The number of hydrogen-bond donors (Lipinski definition) is 0. The predicted molar refractivity (Wildman–Crippen MR) is 97.9 cm³/mol. The molecule has 3 aromatic rings. The molecule has 1 atom stereocenters. The van der Waals surface area contributed by atoms with Crippen LogP contribution in [-0.4, -0.2) is 36.4 Å². The van der Waals surface area contributed by atoms with Gasteiger partial charge in [-0.3, -0.25) is 14.8 Å². The fourth-order valence-electron chi connectivity index (χ4n) is 3.25. The van der Waals surface area contributed by atoms with Gasteiger partial charge in [-0.25, -0.2) is 4.98 Å². The largest absolute Gasteiger partial charge is 0.326 e. The van der Waals surface area contributed by atoms with Crippen molar-refractivity contribution < 1.29 is 4.79 Å². The zero-order chi connectivity index (χ0) is 18.1. The van der Waals surface area contributed by atoms with Crippen LogP contribution in [0.3, 0.4) is 0 Å². The second-order valence-corrected chi connectivity index (χ2v) is 6.62. The molecule has 4 rings (SSSR count). The van der Waals surface area contributed by atoms with Gasteiger partial charge in [-0.2, -0.15) is 0 Å². The molecule has 6 heteroatoms. The van der Waals surface area contributed by atoms with Crippen LogP contribution in [0.15, 0.2) is 55.1 Å². The molecule has 0 N–H and O–H groups in total. The highest BCUT2D eigenvalue weighted by atomic mass is 16.2. The van der Waals surface area contributed by atoms with Gasteiger partial charge in [0.1, 0.15) is 11.5 Å². The molecule has 1 fully saturated rings. The van der Waals surface area contributed by atoms with Crippen LogP contribution in [0.5, 0.6) is 0 Å². The maximum atomic E-state index is 13.3. The van der Waals surface area contributed by atoms with E-state index in [1.54, 1.807) is 18.6 Å². The second kappa shape index (κ2) is 6.71. The van der Waals surface area contributed by atoms with E-state index in [9.17, 15) is 4.79 Å². The second-order valence-electron chi connectivity index (χ2n) is 6.62. The van der Waals surface area contributed by atoms with Crippen molar-refractivity contribution >= 4 is 5.91 Å². The maximum absolute atomic E-state index is 13.3. The normalized spacial score (nSPS) is 14.8. The third-order valence-corrected chi connectivity index (χ3v) is 4.77. The summed E-state index contributed by atoms with van der Waals surface area (Å²) < 4.78 is 1.95. The van der Waals surface area contributed by atoms with E-state index in [1.807, 2.05) is 59.8 Å². The van der Waals surface area contributed by atoms with Gasteiger partial charge in [0, 0.05) is 30.8 Å². The first-order valence-corrected chi connectivity index (χ1v) is 8.85. The van der Waals surface area contributed by atoms with Crippen LogP contribution in [0.4, 0.5) is 0 Å². The summed E-state index contributed by atoms with van der Waals surface area (Å²) in [6, 6.07) is 9.70. The highest BCUT2D eigenvalue weighted by Crippen LogP contribution is 2.35. The van der Waals surface area contributed by atoms with Crippen molar-refractivity contribution in [1.29, 1.82) is 0 Å². The van der Waals surface area contributed by atoms with Gasteiger partial charge in [0.25, 0.3) is 5.91 Å². The van der Waals surface area contributed by atoms with Crippen molar-refractivity contribution in [3.8, 4) is 5.69 Å². The van der Waals surface area contributed by atoms with Crippen LogP contribution in [0.25, 0.3) is 5.69 Å². The summed E-state index contributed by atoms with van der Waals surface area (Å²) in [4.78, 5) is 28.2. The van der Waals surface area contributed by atoms with E-state index >= 15 is 0 Å².